The van der Waals surface area contributed by atoms with Crippen LogP contribution in [0, 0.1) is 0 Å². The zero-order chi connectivity index (χ0) is 14.0. The third kappa shape index (κ3) is 3.05. The van der Waals surface area contributed by atoms with Gasteiger partial charge < -0.3 is 15.1 Å². The summed E-state index contributed by atoms with van der Waals surface area (Å²) in [5.41, 5.74) is 1.60. The summed E-state index contributed by atoms with van der Waals surface area (Å²) in [6.45, 7) is 0.581. The molecule has 19 heavy (non-hydrogen) atoms. The molecule has 2 rings (SSSR count). The van der Waals surface area contributed by atoms with Crippen LogP contribution in [0.2, 0.25) is 0 Å². The molecule has 1 aliphatic heterocycles. The van der Waals surface area contributed by atoms with E-state index in [0.29, 0.717) is 18.5 Å². The van der Waals surface area contributed by atoms with Crippen LogP contribution in [0.3, 0.4) is 0 Å². The van der Waals surface area contributed by atoms with Gasteiger partial charge in [-0.3, -0.25) is 9.59 Å². The fourth-order valence-corrected chi connectivity index (χ4v) is 2.15. The third-order valence-corrected chi connectivity index (χ3v) is 3.30. The van der Waals surface area contributed by atoms with Crippen molar-refractivity contribution in [1.82, 2.24) is 10.2 Å². The summed E-state index contributed by atoms with van der Waals surface area (Å²) in [6.07, 6.45) is 0.385. The summed E-state index contributed by atoms with van der Waals surface area (Å²) in [5, 5.41) is 2.90. The zero-order valence-corrected chi connectivity index (χ0v) is 11.5. The van der Waals surface area contributed by atoms with Crippen molar-refractivity contribution in [1.29, 1.82) is 0 Å². The molecule has 1 heterocycles. The molecule has 5 nitrogen and oxygen atoms in total. The number of anilines is 1. The highest BCUT2D eigenvalue weighted by molar-refractivity contribution is 5.96. The van der Waals surface area contributed by atoms with E-state index in [0.717, 1.165) is 5.69 Å². The second kappa shape index (κ2) is 5.30. The number of carbonyl (C=O) groups is 2. The van der Waals surface area contributed by atoms with E-state index in [9.17, 15) is 9.59 Å². The third-order valence-electron chi connectivity index (χ3n) is 3.30. The summed E-state index contributed by atoms with van der Waals surface area (Å²) in [5.74, 6) is -0.0517. The van der Waals surface area contributed by atoms with E-state index in [-0.39, 0.29) is 17.9 Å². The lowest BCUT2D eigenvalue weighted by Crippen LogP contribution is -2.36. The predicted molar refractivity (Wildman–Crippen MR) is 74.3 cm³/mol. The van der Waals surface area contributed by atoms with Gasteiger partial charge in [-0.15, -0.1) is 0 Å². The number of rotatable bonds is 3. The second-order valence-electron chi connectivity index (χ2n) is 5.09. The van der Waals surface area contributed by atoms with E-state index in [1.54, 1.807) is 18.0 Å². The molecule has 0 aromatic heterocycles. The first-order valence-electron chi connectivity index (χ1n) is 6.29. The maximum atomic E-state index is 12.1. The van der Waals surface area contributed by atoms with Gasteiger partial charge in [0.2, 0.25) is 5.91 Å². The maximum absolute atomic E-state index is 12.1. The molecule has 102 valence electrons. The van der Waals surface area contributed by atoms with Crippen molar-refractivity contribution in [2.24, 2.45) is 0 Å². The number of amides is 2. The van der Waals surface area contributed by atoms with Gasteiger partial charge in [0.25, 0.3) is 5.91 Å². The van der Waals surface area contributed by atoms with Gasteiger partial charge in [-0.1, -0.05) is 6.07 Å². The van der Waals surface area contributed by atoms with Gasteiger partial charge in [-0.05, 0) is 18.2 Å². The molecule has 1 aromatic carbocycles. The molecule has 0 saturated carbocycles. The van der Waals surface area contributed by atoms with Crippen LogP contribution >= 0.6 is 0 Å². The average Bonchev–Trinajstić information content (AvgIpc) is 2.68. The van der Waals surface area contributed by atoms with E-state index < -0.39 is 0 Å². The lowest BCUT2D eigenvalue weighted by molar-refractivity contribution is -0.126. The lowest BCUT2D eigenvalue weighted by Gasteiger charge is -2.15. The average molecular weight is 261 g/mol. The van der Waals surface area contributed by atoms with Crippen LogP contribution in [0.5, 0.6) is 0 Å². The maximum Gasteiger partial charge on any atom is 0.251 e. The Balaban J connectivity index is 2.04. The van der Waals surface area contributed by atoms with E-state index in [1.807, 2.05) is 37.2 Å². The zero-order valence-electron chi connectivity index (χ0n) is 11.5. The molecule has 1 fully saturated rings. The fraction of sp³-hybridized carbons (Fsp3) is 0.429. The van der Waals surface area contributed by atoms with Crippen molar-refractivity contribution in [3.63, 3.8) is 0 Å². The van der Waals surface area contributed by atoms with Crippen LogP contribution in [0.25, 0.3) is 0 Å². The Hall–Kier alpha value is -2.04. The molecule has 2 amide bonds. The molecular weight excluding hydrogens is 242 g/mol. The summed E-state index contributed by atoms with van der Waals surface area (Å²) in [6, 6.07) is 7.34. The highest BCUT2D eigenvalue weighted by Crippen LogP contribution is 2.14. The van der Waals surface area contributed by atoms with Crippen molar-refractivity contribution in [3.8, 4) is 0 Å². The van der Waals surface area contributed by atoms with E-state index in [4.69, 9.17) is 0 Å². The molecule has 1 unspecified atom stereocenters. The fourth-order valence-electron chi connectivity index (χ4n) is 2.15. The first-order chi connectivity index (χ1) is 8.97. The minimum Gasteiger partial charge on any atom is -0.378 e. The molecule has 1 atom stereocenters. The topological polar surface area (TPSA) is 52.7 Å². The van der Waals surface area contributed by atoms with Crippen LogP contribution in [0.1, 0.15) is 16.8 Å². The van der Waals surface area contributed by atoms with Gasteiger partial charge in [-0.25, -0.2) is 0 Å². The monoisotopic (exact) mass is 261 g/mol. The quantitative estimate of drug-likeness (QED) is 0.872. The van der Waals surface area contributed by atoms with E-state index >= 15 is 0 Å². The van der Waals surface area contributed by atoms with Crippen molar-refractivity contribution >= 4 is 17.5 Å². The molecule has 1 N–H and O–H groups in total. The van der Waals surface area contributed by atoms with Gasteiger partial charge in [0.15, 0.2) is 0 Å². The Morgan fingerprint density at radius 1 is 1.42 bits per heavy atom. The molecule has 0 bridgehead atoms. The first kappa shape index (κ1) is 13.4. The minimum absolute atomic E-state index is 0.0762. The van der Waals surface area contributed by atoms with Gasteiger partial charge in [-0.2, -0.15) is 0 Å². The molecule has 1 aromatic rings. The van der Waals surface area contributed by atoms with Crippen molar-refractivity contribution in [3.05, 3.63) is 29.8 Å². The lowest BCUT2D eigenvalue weighted by atomic mass is 10.1. The van der Waals surface area contributed by atoms with Crippen LogP contribution in [0.4, 0.5) is 5.69 Å². The van der Waals surface area contributed by atoms with Crippen molar-refractivity contribution in [2.75, 3.05) is 32.6 Å². The molecule has 0 aliphatic carbocycles. The highest BCUT2D eigenvalue weighted by atomic mass is 16.2. The van der Waals surface area contributed by atoms with Crippen LogP contribution in [-0.2, 0) is 4.79 Å². The number of nitrogens with zero attached hydrogens (tertiary/aromatic N) is 2. The van der Waals surface area contributed by atoms with Gasteiger partial charge in [0.1, 0.15) is 0 Å². The Morgan fingerprint density at radius 3 is 2.74 bits per heavy atom. The van der Waals surface area contributed by atoms with Crippen LogP contribution in [-0.4, -0.2) is 50.4 Å². The summed E-state index contributed by atoms with van der Waals surface area (Å²) in [7, 11) is 5.62. The number of nitrogens with one attached hydrogen (secondary N) is 1. The number of carbonyl (C=O) groups excluding carboxylic acids is 2. The normalized spacial score (nSPS) is 18.6. The van der Waals surface area contributed by atoms with Crippen LogP contribution < -0.4 is 10.2 Å². The van der Waals surface area contributed by atoms with Gasteiger partial charge in [0, 0.05) is 45.4 Å². The molecule has 0 spiro atoms. The largest absolute Gasteiger partial charge is 0.378 e. The molecule has 0 radical (unpaired) electrons. The SMILES string of the molecule is CN1CC(NC(=O)c2cccc(N(C)C)c2)CC1=O. The number of likely N-dealkylation sites (tertiary alicyclic amines) is 1. The Labute approximate surface area is 113 Å². The minimum atomic E-state index is -0.128. The summed E-state index contributed by atoms with van der Waals surface area (Å²) >= 11 is 0. The second-order valence-corrected chi connectivity index (χ2v) is 5.09. The van der Waals surface area contributed by atoms with E-state index in [1.165, 1.54) is 0 Å². The van der Waals surface area contributed by atoms with Crippen molar-refractivity contribution in [2.45, 2.75) is 12.5 Å². The highest BCUT2D eigenvalue weighted by Gasteiger charge is 2.28. The number of hydrogen-bond donors (Lipinski definition) is 1. The van der Waals surface area contributed by atoms with Crippen LogP contribution in [0.15, 0.2) is 24.3 Å². The molecule has 1 saturated heterocycles. The molecular formula is C14H19N3O2. The molecule has 5 heteroatoms. The van der Waals surface area contributed by atoms with Gasteiger partial charge >= 0.3 is 0 Å². The molecule has 1 aliphatic rings. The standard InChI is InChI=1S/C14H19N3O2/c1-16(2)12-6-4-5-10(7-12)14(19)15-11-8-13(18)17(3)9-11/h4-7,11H,8-9H2,1-3H3,(H,15,19). The van der Waals surface area contributed by atoms with Crippen molar-refractivity contribution < 1.29 is 9.59 Å². The Bertz CT molecular complexity index is 499. The first-order valence-corrected chi connectivity index (χ1v) is 6.29. The number of hydrogen-bond acceptors (Lipinski definition) is 3. The van der Waals surface area contributed by atoms with E-state index in [2.05, 4.69) is 5.32 Å². The number of likely N-dealkylation sites (N-methyl/N-ethyl adjacent to an activating group) is 1. The predicted octanol–water partition coefficient (Wildman–Crippen LogP) is 0.713. The Morgan fingerprint density at radius 2 is 2.16 bits per heavy atom. The van der Waals surface area contributed by atoms with Gasteiger partial charge in [0.05, 0.1) is 6.04 Å². The summed E-state index contributed by atoms with van der Waals surface area (Å²) < 4.78 is 0. The smallest absolute Gasteiger partial charge is 0.251 e. The summed E-state index contributed by atoms with van der Waals surface area (Å²) in [4.78, 5) is 27.1. The number of benzene rings is 1. The Kier molecular flexibility index (Phi) is 3.74.